The maximum atomic E-state index is 12.3. The molecule has 158 valence electrons. The van der Waals surface area contributed by atoms with Gasteiger partial charge in [0, 0.05) is 18.2 Å². The number of aromatic nitrogens is 1. The zero-order chi connectivity index (χ0) is 20.9. The van der Waals surface area contributed by atoms with Gasteiger partial charge in [-0.3, -0.25) is 9.78 Å². The Morgan fingerprint density at radius 2 is 1.86 bits per heavy atom. The highest BCUT2D eigenvalue weighted by Crippen LogP contribution is 2.29. The molecule has 0 radical (unpaired) electrons. The molecule has 2 aromatic rings. The van der Waals surface area contributed by atoms with E-state index in [-0.39, 0.29) is 5.97 Å². The molecular weight excluding hydrogens is 358 g/mol. The number of hydrogen-bond donors (Lipinski definition) is 0. The van der Waals surface area contributed by atoms with Crippen molar-refractivity contribution in [3.8, 4) is 17.0 Å². The average molecular weight is 396 g/mol. The van der Waals surface area contributed by atoms with Crippen molar-refractivity contribution in [3.05, 3.63) is 48.2 Å². The van der Waals surface area contributed by atoms with Gasteiger partial charge in [0.15, 0.2) is 0 Å². The smallest absolute Gasteiger partial charge is 0.311 e. The fourth-order valence-electron chi connectivity index (χ4n) is 3.44. The van der Waals surface area contributed by atoms with Crippen LogP contribution in [0.2, 0.25) is 0 Å². The highest BCUT2D eigenvalue weighted by Gasteiger charge is 2.12. The minimum Gasteiger partial charge on any atom is -0.426 e. The Bertz CT molecular complexity index is 741. The monoisotopic (exact) mass is 395 g/mol. The number of benzene rings is 1. The Morgan fingerprint density at radius 1 is 1.03 bits per heavy atom. The second-order valence-electron chi connectivity index (χ2n) is 8.09. The van der Waals surface area contributed by atoms with Crippen molar-refractivity contribution < 1.29 is 9.53 Å². The van der Waals surface area contributed by atoms with Crippen molar-refractivity contribution in [2.24, 2.45) is 5.92 Å². The molecule has 0 N–H and O–H groups in total. The maximum absolute atomic E-state index is 12.3. The first-order valence-electron chi connectivity index (χ1n) is 11.4. The van der Waals surface area contributed by atoms with E-state index in [0.29, 0.717) is 12.2 Å². The van der Waals surface area contributed by atoms with E-state index < -0.39 is 0 Å². The number of pyridine rings is 1. The number of carbonyl (C=O) groups is 1. The summed E-state index contributed by atoms with van der Waals surface area (Å²) in [6.45, 7) is 6.71. The minimum atomic E-state index is -0.155. The quantitative estimate of drug-likeness (QED) is 0.202. The predicted octanol–water partition coefficient (Wildman–Crippen LogP) is 7.38. The molecule has 2 rings (SSSR count). The molecule has 3 nitrogen and oxygen atoms in total. The van der Waals surface area contributed by atoms with Gasteiger partial charge in [-0.2, -0.15) is 0 Å². The van der Waals surface area contributed by atoms with Gasteiger partial charge in [-0.05, 0) is 55.0 Å². The highest BCUT2D eigenvalue weighted by atomic mass is 16.5. The number of nitrogens with zero attached hydrogens (tertiary/aromatic N) is 1. The van der Waals surface area contributed by atoms with Crippen LogP contribution in [0.1, 0.15) is 84.1 Å². The normalized spacial score (nSPS) is 12.0. The zero-order valence-electron chi connectivity index (χ0n) is 18.5. The summed E-state index contributed by atoms with van der Waals surface area (Å²) in [5.41, 5.74) is 3.05. The summed E-state index contributed by atoms with van der Waals surface area (Å²) in [5.74, 6) is 1.18. The third kappa shape index (κ3) is 8.39. The molecule has 0 bridgehead atoms. The molecule has 29 heavy (non-hydrogen) atoms. The van der Waals surface area contributed by atoms with E-state index in [1.807, 2.05) is 30.5 Å². The third-order valence-electron chi connectivity index (χ3n) is 5.55. The van der Waals surface area contributed by atoms with Crippen LogP contribution in [-0.4, -0.2) is 11.0 Å². The van der Waals surface area contributed by atoms with Gasteiger partial charge in [0.25, 0.3) is 0 Å². The van der Waals surface area contributed by atoms with Gasteiger partial charge in [-0.15, -0.1) is 0 Å². The largest absolute Gasteiger partial charge is 0.426 e. The van der Waals surface area contributed by atoms with Gasteiger partial charge in [-0.25, -0.2) is 0 Å². The van der Waals surface area contributed by atoms with E-state index in [4.69, 9.17) is 4.74 Å². The molecular formula is C26H37NO2. The maximum Gasteiger partial charge on any atom is 0.311 e. The standard InChI is InChI=1S/C26H37NO2/c1-4-6-7-8-14-22-18-19-27-24(20-22)23-15-10-11-16-25(23)29-26(28)17-12-9-13-21(3)5-2/h10-11,15-16,18-21H,4-9,12-14,17H2,1-3H3. The lowest BCUT2D eigenvalue weighted by Crippen LogP contribution is -2.08. The topological polar surface area (TPSA) is 39.2 Å². The number of hydrogen-bond acceptors (Lipinski definition) is 3. The average Bonchev–Trinajstić information content (AvgIpc) is 2.74. The summed E-state index contributed by atoms with van der Waals surface area (Å²) in [7, 11) is 0. The Morgan fingerprint density at radius 3 is 2.66 bits per heavy atom. The molecule has 1 unspecified atom stereocenters. The summed E-state index contributed by atoms with van der Waals surface area (Å²) in [5, 5.41) is 0. The van der Waals surface area contributed by atoms with Crippen LogP contribution < -0.4 is 4.74 Å². The number of rotatable bonds is 13. The number of carbonyl (C=O) groups excluding carboxylic acids is 1. The molecule has 1 heterocycles. The van der Waals surface area contributed by atoms with E-state index in [9.17, 15) is 4.79 Å². The van der Waals surface area contributed by atoms with Gasteiger partial charge in [0.1, 0.15) is 5.75 Å². The fraction of sp³-hybridized carbons (Fsp3) is 0.538. The number of para-hydroxylation sites is 1. The Balaban J connectivity index is 1.97. The summed E-state index contributed by atoms with van der Waals surface area (Å²) < 4.78 is 5.71. The molecule has 0 aliphatic heterocycles. The summed E-state index contributed by atoms with van der Waals surface area (Å²) in [6, 6.07) is 11.9. The molecule has 0 saturated heterocycles. The second kappa shape index (κ2) is 13.1. The van der Waals surface area contributed by atoms with Gasteiger partial charge >= 0.3 is 5.97 Å². The van der Waals surface area contributed by atoms with Crippen molar-refractivity contribution in [1.82, 2.24) is 4.98 Å². The lowest BCUT2D eigenvalue weighted by molar-refractivity contribution is -0.134. The highest BCUT2D eigenvalue weighted by molar-refractivity contribution is 5.77. The van der Waals surface area contributed by atoms with E-state index in [0.717, 1.165) is 36.4 Å². The summed E-state index contributed by atoms with van der Waals surface area (Å²) >= 11 is 0. The van der Waals surface area contributed by atoms with Crippen LogP contribution in [0.3, 0.4) is 0 Å². The van der Waals surface area contributed by atoms with Crippen LogP contribution in [0.4, 0.5) is 0 Å². The summed E-state index contributed by atoms with van der Waals surface area (Å²) in [6.07, 6.45) is 12.7. The van der Waals surface area contributed by atoms with E-state index in [1.165, 1.54) is 44.1 Å². The van der Waals surface area contributed by atoms with Gasteiger partial charge < -0.3 is 4.74 Å². The van der Waals surface area contributed by atoms with Crippen LogP contribution in [0.5, 0.6) is 5.75 Å². The second-order valence-corrected chi connectivity index (χ2v) is 8.09. The van der Waals surface area contributed by atoms with Crippen LogP contribution in [-0.2, 0) is 11.2 Å². The zero-order valence-corrected chi connectivity index (χ0v) is 18.5. The Hall–Kier alpha value is -2.16. The lowest BCUT2D eigenvalue weighted by Gasteiger charge is -2.11. The molecule has 0 fully saturated rings. The SMILES string of the molecule is CCCCCCc1ccnc(-c2ccccc2OC(=O)CCCCC(C)CC)c1. The number of aryl methyl sites for hydroxylation is 1. The predicted molar refractivity (Wildman–Crippen MR) is 121 cm³/mol. The first kappa shape index (κ1) is 23.1. The van der Waals surface area contributed by atoms with Crippen molar-refractivity contribution >= 4 is 5.97 Å². The third-order valence-corrected chi connectivity index (χ3v) is 5.55. The van der Waals surface area contributed by atoms with Crippen molar-refractivity contribution in [3.63, 3.8) is 0 Å². The minimum absolute atomic E-state index is 0.155. The number of esters is 1. The van der Waals surface area contributed by atoms with Gasteiger partial charge in [-0.1, -0.05) is 71.4 Å². The van der Waals surface area contributed by atoms with E-state index in [1.54, 1.807) is 0 Å². The van der Waals surface area contributed by atoms with Crippen molar-refractivity contribution in [1.29, 1.82) is 0 Å². The molecule has 0 aliphatic rings. The molecule has 1 atom stereocenters. The Kier molecular flexibility index (Phi) is 10.5. The van der Waals surface area contributed by atoms with Crippen molar-refractivity contribution in [2.75, 3.05) is 0 Å². The molecule has 1 aromatic heterocycles. The van der Waals surface area contributed by atoms with Crippen LogP contribution in [0.15, 0.2) is 42.6 Å². The first-order chi connectivity index (χ1) is 14.1. The summed E-state index contributed by atoms with van der Waals surface area (Å²) in [4.78, 5) is 16.9. The van der Waals surface area contributed by atoms with Gasteiger partial charge in [0.05, 0.1) is 5.69 Å². The molecule has 0 saturated carbocycles. The molecule has 1 aromatic carbocycles. The lowest BCUT2D eigenvalue weighted by atomic mass is 10.0. The molecule has 0 spiro atoms. The molecule has 0 aliphatic carbocycles. The van der Waals surface area contributed by atoms with E-state index in [2.05, 4.69) is 37.9 Å². The van der Waals surface area contributed by atoms with Crippen LogP contribution >= 0.6 is 0 Å². The molecule has 0 amide bonds. The van der Waals surface area contributed by atoms with E-state index >= 15 is 0 Å². The van der Waals surface area contributed by atoms with Gasteiger partial charge in [0.2, 0.25) is 0 Å². The fourth-order valence-corrected chi connectivity index (χ4v) is 3.44. The number of unbranched alkanes of at least 4 members (excludes halogenated alkanes) is 4. The van der Waals surface area contributed by atoms with Crippen molar-refractivity contribution in [2.45, 2.75) is 85.0 Å². The van der Waals surface area contributed by atoms with Crippen LogP contribution in [0.25, 0.3) is 11.3 Å². The Labute approximate surface area is 176 Å². The first-order valence-corrected chi connectivity index (χ1v) is 11.4. The van der Waals surface area contributed by atoms with Crippen LogP contribution in [0, 0.1) is 5.92 Å². The molecule has 3 heteroatoms. The number of ether oxygens (including phenoxy) is 1.